The van der Waals surface area contributed by atoms with Gasteiger partial charge in [-0.1, -0.05) is 15.9 Å². The number of carbonyl (C=O) groups is 1. The van der Waals surface area contributed by atoms with Crippen molar-refractivity contribution in [3.63, 3.8) is 0 Å². The molecule has 0 spiro atoms. The summed E-state index contributed by atoms with van der Waals surface area (Å²) in [5.74, 6) is 0. The molecule has 1 unspecified atom stereocenters. The Labute approximate surface area is 115 Å². The van der Waals surface area contributed by atoms with Gasteiger partial charge in [-0.2, -0.15) is 0 Å². The summed E-state index contributed by atoms with van der Waals surface area (Å²) in [4.78, 5) is 13.6. The van der Waals surface area contributed by atoms with Crippen molar-refractivity contribution >= 4 is 27.7 Å². The smallest absolute Gasteiger partial charge is 0.414 e. The summed E-state index contributed by atoms with van der Waals surface area (Å²) >= 11 is 3.46. The van der Waals surface area contributed by atoms with Crippen molar-refractivity contribution in [3.05, 3.63) is 28.2 Å². The van der Waals surface area contributed by atoms with Crippen LogP contribution in [0.3, 0.4) is 0 Å². The van der Waals surface area contributed by atoms with E-state index in [1.54, 1.807) is 4.90 Å². The monoisotopic (exact) mass is 312 g/mol. The zero-order valence-electron chi connectivity index (χ0n) is 10.4. The molecule has 1 aromatic carbocycles. The van der Waals surface area contributed by atoms with Crippen LogP contribution in [0.25, 0.3) is 0 Å². The van der Waals surface area contributed by atoms with Crippen molar-refractivity contribution < 1.29 is 9.53 Å². The highest BCUT2D eigenvalue weighted by atomic mass is 79.9. The summed E-state index contributed by atoms with van der Waals surface area (Å²) in [6.07, 6.45) is 1.35. The lowest BCUT2D eigenvalue weighted by Gasteiger charge is -2.35. The third-order valence-electron chi connectivity index (χ3n) is 3.16. The molecule has 18 heavy (non-hydrogen) atoms. The second-order valence-corrected chi connectivity index (χ2v) is 5.29. The average molecular weight is 313 g/mol. The van der Waals surface area contributed by atoms with Gasteiger partial charge in [-0.05, 0) is 43.7 Å². The van der Waals surface area contributed by atoms with Crippen LogP contribution in [0.2, 0.25) is 0 Å². The van der Waals surface area contributed by atoms with Crippen LogP contribution in [-0.4, -0.2) is 25.3 Å². The number of cyclic esters (lactones) is 1. The number of anilines is 1. The van der Waals surface area contributed by atoms with E-state index in [-0.39, 0.29) is 12.1 Å². The standard InChI is InChI=1S/C13H17BrN2O2/c1-9-8-11(2-3-12(9)14)16-10(4-6-15)5-7-18-13(16)17/h2-3,8,10H,4-7,15H2,1H3. The van der Waals surface area contributed by atoms with E-state index in [2.05, 4.69) is 15.9 Å². The number of halogens is 1. The number of benzene rings is 1. The van der Waals surface area contributed by atoms with Crippen molar-refractivity contribution in [3.8, 4) is 0 Å². The van der Waals surface area contributed by atoms with Crippen LogP contribution >= 0.6 is 15.9 Å². The van der Waals surface area contributed by atoms with E-state index >= 15 is 0 Å². The Balaban J connectivity index is 2.31. The number of aryl methyl sites for hydroxylation is 1. The van der Waals surface area contributed by atoms with Crippen molar-refractivity contribution in [1.29, 1.82) is 0 Å². The minimum atomic E-state index is -0.276. The Bertz CT molecular complexity index is 449. The zero-order valence-corrected chi connectivity index (χ0v) is 11.9. The van der Waals surface area contributed by atoms with Gasteiger partial charge < -0.3 is 10.5 Å². The molecule has 1 aliphatic rings. The molecular formula is C13H17BrN2O2. The lowest BCUT2D eigenvalue weighted by Crippen LogP contribution is -2.46. The number of rotatable bonds is 3. The summed E-state index contributed by atoms with van der Waals surface area (Å²) in [5, 5.41) is 0. The first kappa shape index (κ1) is 13.4. The summed E-state index contributed by atoms with van der Waals surface area (Å²) in [7, 11) is 0. The van der Waals surface area contributed by atoms with Crippen LogP contribution in [-0.2, 0) is 4.74 Å². The molecule has 1 heterocycles. The molecule has 1 saturated heterocycles. The quantitative estimate of drug-likeness (QED) is 0.933. The third kappa shape index (κ3) is 2.67. The Hall–Kier alpha value is -1.07. The van der Waals surface area contributed by atoms with Gasteiger partial charge in [-0.25, -0.2) is 4.79 Å². The second-order valence-electron chi connectivity index (χ2n) is 4.44. The molecule has 4 nitrogen and oxygen atoms in total. The van der Waals surface area contributed by atoms with Gasteiger partial charge in [0.2, 0.25) is 0 Å². The molecule has 0 saturated carbocycles. The van der Waals surface area contributed by atoms with E-state index in [9.17, 15) is 4.79 Å². The van der Waals surface area contributed by atoms with Gasteiger partial charge in [-0.15, -0.1) is 0 Å². The van der Waals surface area contributed by atoms with Crippen molar-refractivity contribution in [2.24, 2.45) is 5.73 Å². The van der Waals surface area contributed by atoms with Gasteiger partial charge in [-0.3, -0.25) is 4.90 Å². The number of carbonyl (C=O) groups excluding carboxylic acids is 1. The van der Waals surface area contributed by atoms with E-state index in [1.807, 2.05) is 25.1 Å². The number of nitrogens with zero attached hydrogens (tertiary/aromatic N) is 1. The Morgan fingerprint density at radius 1 is 1.56 bits per heavy atom. The highest BCUT2D eigenvalue weighted by Gasteiger charge is 2.30. The highest BCUT2D eigenvalue weighted by molar-refractivity contribution is 9.10. The van der Waals surface area contributed by atoms with Gasteiger partial charge in [0.15, 0.2) is 0 Å². The van der Waals surface area contributed by atoms with Gasteiger partial charge in [0.1, 0.15) is 0 Å². The van der Waals surface area contributed by atoms with E-state index in [0.29, 0.717) is 13.2 Å². The van der Waals surface area contributed by atoms with Crippen LogP contribution in [0.15, 0.2) is 22.7 Å². The van der Waals surface area contributed by atoms with Crippen molar-refractivity contribution in [2.45, 2.75) is 25.8 Å². The predicted molar refractivity (Wildman–Crippen MR) is 74.8 cm³/mol. The molecule has 5 heteroatoms. The average Bonchev–Trinajstić information content (AvgIpc) is 2.34. The maximum Gasteiger partial charge on any atom is 0.414 e. The maximum atomic E-state index is 11.9. The molecule has 1 amide bonds. The van der Waals surface area contributed by atoms with Crippen LogP contribution in [0.1, 0.15) is 18.4 Å². The number of hydrogen-bond acceptors (Lipinski definition) is 3. The summed E-state index contributed by atoms with van der Waals surface area (Å²) in [5.41, 5.74) is 7.58. The molecule has 1 atom stereocenters. The largest absolute Gasteiger partial charge is 0.449 e. The number of amides is 1. The summed E-state index contributed by atoms with van der Waals surface area (Å²) in [6, 6.07) is 6.00. The van der Waals surface area contributed by atoms with E-state index in [4.69, 9.17) is 10.5 Å². The Morgan fingerprint density at radius 3 is 3.00 bits per heavy atom. The van der Waals surface area contributed by atoms with E-state index in [0.717, 1.165) is 28.6 Å². The molecule has 98 valence electrons. The Kier molecular flexibility index (Phi) is 4.24. The topological polar surface area (TPSA) is 55.6 Å². The highest BCUT2D eigenvalue weighted by Crippen LogP contribution is 2.28. The molecule has 1 aliphatic heterocycles. The van der Waals surface area contributed by atoms with Crippen LogP contribution < -0.4 is 10.6 Å². The molecule has 0 bridgehead atoms. The van der Waals surface area contributed by atoms with Gasteiger partial charge >= 0.3 is 6.09 Å². The maximum absolute atomic E-state index is 11.9. The van der Waals surface area contributed by atoms with Gasteiger partial charge in [0.05, 0.1) is 6.61 Å². The molecule has 0 aromatic heterocycles. The molecule has 0 radical (unpaired) electrons. The fourth-order valence-corrected chi connectivity index (χ4v) is 2.44. The molecule has 2 N–H and O–H groups in total. The second kappa shape index (κ2) is 5.71. The fraction of sp³-hybridized carbons (Fsp3) is 0.462. The Morgan fingerprint density at radius 2 is 2.33 bits per heavy atom. The first-order valence-corrected chi connectivity index (χ1v) is 6.85. The number of nitrogens with two attached hydrogens (primary N) is 1. The minimum absolute atomic E-state index is 0.136. The molecule has 1 aromatic rings. The molecular weight excluding hydrogens is 296 g/mol. The van der Waals surface area contributed by atoms with Crippen LogP contribution in [0.5, 0.6) is 0 Å². The van der Waals surface area contributed by atoms with Crippen molar-refractivity contribution in [2.75, 3.05) is 18.1 Å². The minimum Gasteiger partial charge on any atom is -0.449 e. The first-order valence-electron chi connectivity index (χ1n) is 6.05. The molecule has 0 aliphatic carbocycles. The number of hydrogen-bond donors (Lipinski definition) is 1. The lowest BCUT2D eigenvalue weighted by molar-refractivity contribution is 0.128. The van der Waals surface area contributed by atoms with E-state index < -0.39 is 0 Å². The zero-order chi connectivity index (χ0) is 13.1. The third-order valence-corrected chi connectivity index (χ3v) is 4.05. The normalized spacial score (nSPS) is 19.8. The van der Waals surface area contributed by atoms with Crippen LogP contribution in [0, 0.1) is 6.92 Å². The fourth-order valence-electron chi connectivity index (χ4n) is 2.19. The van der Waals surface area contributed by atoms with Gasteiger partial charge in [0.25, 0.3) is 0 Å². The predicted octanol–water partition coefficient (Wildman–Crippen LogP) is 2.82. The van der Waals surface area contributed by atoms with Crippen molar-refractivity contribution in [1.82, 2.24) is 0 Å². The number of ether oxygens (including phenoxy) is 1. The SMILES string of the molecule is Cc1cc(N2C(=O)OCCC2CCN)ccc1Br. The summed E-state index contributed by atoms with van der Waals surface area (Å²) in [6.45, 7) is 3.06. The first-order chi connectivity index (χ1) is 8.63. The molecule has 1 fully saturated rings. The van der Waals surface area contributed by atoms with E-state index in [1.165, 1.54) is 0 Å². The van der Waals surface area contributed by atoms with Crippen LogP contribution in [0.4, 0.5) is 10.5 Å². The summed E-state index contributed by atoms with van der Waals surface area (Å²) < 4.78 is 6.16. The molecule has 2 rings (SSSR count). The lowest BCUT2D eigenvalue weighted by atomic mass is 10.1. The van der Waals surface area contributed by atoms with Gasteiger partial charge in [0, 0.05) is 22.6 Å².